The van der Waals surface area contributed by atoms with Crippen molar-refractivity contribution in [3.8, 4) is 33.4 Å². The van der Waals surface area contributed by atoms with E-state index in [2.05, 4.69) is 255 Å². The van der Waals surface area contributed by atoms with E-state index in [4.69, 9.17) is 0 Å². The first kappa shape index (κ1) is 50.4. The minimum atomic E-state index is -0.188. The Morgan fingerprint density at radius 1 is 0.392 bits per heavy atom. The van der Waals surface area contributed by atoms with E-state index in [-0.39, 0.29) is 32.5 Å². The van der Waals surface area contributed by atoms with Crippen LogP contribution in [0.4, 0.5) is 39.8 Å². The summed E-state index contributed by atoms with van der Waals surface area (Å²) in [7, 11) is 0. The minimum Gasteiger partial charge on any atom is -0.371 e. The van der Waals surface area contributed by atoms with Crippen LogP contribution in [0.15, 0.2) is 157 Å². The number of rotatable bonds is 6. The molecule has 0 amide bonds. The van der Waals surface area contributed by atoms with E-state index in [9.17, 15) is 0 Å². The second kappa shape index (κ2) is 17.1. The van der Waals surface area contributed by atoms with Crippen LogP contribution in [0.5, 0.6) is 0 Å². The third-order valence-electron chi connectivity index (χ3n) is 21.1. The topological polar surface area (TPSA) is 13.0 Å². The van der Waals surface area contributed by atoms with Gasteiger partial charge in [0.25, 0.3) is 0 Å². The predicted octanol–water partition coefficient (Wildman–Crippen LogP) is 19.4. The second-order valence-corrected chi connectivity index (χ2v) is 28.7. The fourth-order valence-corrected chi connectivity index (χ4v) is 15.9. The summed E-state index contributed by atoms with van der Waals surface area (Å²) in [6.45, 7) is 36.5. The molecule has 1 aliphatic carbocycles. The van der Waals surface area contributed by atoms with Gasteiger partial charge in [0.05, 0.1) is 11.4 Å². The Labute approximate surface area is 472 Å². The lowest BCUT2D eigenvalue weighted by Crippen LogP contribution is -2.44. The van der Waals surface area contributed by atoms with Crippen LogP contribution in [-0.2, 0) is 32.5 Å². The highest BCUT2D eigenvalue weighted by molar-refractivity contribution is 5.91. The molecule has 7 aromatic rings. The molecule has 0 saturated carbocycles. The number of allylic oxidation sites excluding steroid dienone is 3. The Kier molecular flexibility index (Phi) is 10.9. The molecule has 0 radical (unpaired) electrons. The van der Waals surface area contributed by atoms with Crippen molar-refractivity contribution in [2.45, 2.75) is 155 Å². The largest absolute Gasteiger partial charge is 0.371 e. The van der Waals surface area contributed by atoms with Gasteiger partial charge in [-0.2, -0.15) is 0 Å². The van der Waals surface area contributed by atoms with Crippen molar-refractivity contribution in [1.82, 2.24) is 0 Å². The molecule has 0 fully saturated rings. The number of para-hydroxylation sites is 1. The van der Waals surface area contributed by atoms with Gasteiger partial charge in [-0.1, -0.05) is 151 Å². The quantitative estimate of drug-likeness (QED) is 0.165. The Bertz CT molecular complexity index is 3500. The first-order chi connectivity index (χ1) is 37.5. The van der Waals surface area contributed by atoms with Gasteiger partial charge < -0.3 is 19.6 Å². The molecule has 1 unspecified atom stereocenters. The van der Waals surface area contributed by atoms with Crippen LogP contribution in [0, 0.1) is 5.92 Å². The fraction of sp³-hybridized carbons (Fsp3) is 0.387. The highest BCUT2D eigenvalue weighted by Gasteiger charge is 2.48. The molecule has 6 heterocycles. The summed E-state index contributed by atoms with van der Waals surface area (Å²) < 4.78 is 0. The summed E-state index contributed by atoms with van der Waals surface area (Å²) >= 11 is 0. The molecule has 7 aliphatic rings. The highest BCUT2D eigenvalue weighted by atomic mass is 15.2. The van der Waals surface area contributed by atoms with E-state index in [1.807, 2.05) is 0 Å². The maximum absolute atomic E-state index is 2.68. The van der Waals surface area contributed by atoms with Crippen molar-refractivity contribution < 1.29 is 0 Å². The van der Waals surface area contributed by atoms with Crippen molar-refractivity contribution in [2.75, 3.05) is 45.8 Å². The maximum Gasteiger partial charge on any atom is 0.0543 e. The third kappa shape index (κ3) is 7.58. The van der Waals surface area contributed by atoms with Crippen molar-refractivity contribution >= 4 is 39.8 Å². The van der Waals surface area contributed by atoms with E-state index < -0.39 is 0 Å². The molecule has 0 saturated heterocycles. The minimum absolute atomic E-state index is 0.128. The molecule has 79 heavy (non-hydrogen) atoms. The summed E-state index contributed by atoms with van der Waals surface area (Å²) in [6, 6.07) is 52.8. The molecular formula is C75H82N4. The molecule has 0 aromatic heterocycles. The molecule has 4 heteroatoms. The van der Waals surface area contributed by atoms with Gasteiger partial charge in [-0.15, -0.1) is 0 Å². The van der Waals surface area contributed by atoms with Gasteiger partial charge in [-0.3, -0.25) is 0 Å². The number of benzene rings is 7. The van der Waals surface area contributed by atoms with Crippen LogP contribution in [0.25, 0.3) is 33.4 Å². The highest BCUT2D eigenvalue weighted by Crippen LogP contribution is 2.61. The van der Waals surface area contributed by atoms with Gasteiger partial charge in [-0.25, -0.2) is 0 Å². The lowest BCUT2D eigenvalue weighted by Gasteiger charge is -2.52. The molecule has 4 nitrogen and oxygen atoms in total. The summed E-state index contributed by atoms with van der Waals surface area (Å²) in [5, 5.41) is 0. The zero-order chi connectivity index (χ0) is 54.9. The number of hydrogen-bond donors (Lipinski definition) is 0. The van der Waals surface area contributed by atoms with Crippen molar-refractivity contribution in [3.63, 3.8) is 0 Å². The SMILES string of the molecule is CC1CC=CC2=C1C(C)(C)c1cc(-c3ccc(N(c4ccc(-c5cc6c7c(c5)C(C)(C)CCN7CCC6(C)C)cc4)c4ccc(-c5cc6c7c(c5)C(C)(C)CCN7CCC6(C)C)cc4)cc3)cc3c1N2c1ccccc1C3(C)C. The van der Waals surface area contributed by atoms with Gasteiger partial charge in [0.2, 0.25) is 0 Å². The molecule has 402 valence electrons. The van der Waals surface area contributed by atoms with E-state index in [0.717, 1.165) is 49.7 Å². The smallest absolute Gasteiger partial charge is 0.0543 e. The summed E-state index contributed by atoms with van der Waals surface area (Å²) in [5.74, 6) is 0.456. The van der Waals surface area contributed by atoms with Gasteiger partial charge in [0, 0.05) is 71.1 Å². The van der Waals surface area contributed by atoms with E-state index in [1.54, 1.807) is 5.57 Å². The van der Waals surface area contributed by atoms with E-state index in [1.165, 1.54) is 126 Å². The zero-order valence-electron chi connectivity index (χ0n) is 49.6. The van der Waals surface area contributed by atoms with E-state index in [0.29, 0.717) is 5.92 Å². The Balaban J connectivity index is 0.881. The zero-order valence-corrected chi connectivity index (χ0v) is 49.6. The molecule has 0 N–H and O–H groups in total. The molecule has 0 bridgehead atoms. The van der Waals surface area contributed by atoms with Crippen LogP contribution in [-0.4, -0.2) is 26.2 Å². The lowest BCUT2D eigenvalue weighted by molar-refractivity contribution is 0.401. The van der Waals surface area contributed by atoms with Crippen molar-refractivity contribution in [2.24, 2.45) is 5.92 Å². The molecule has 1 atom stereocenters. The Morgan fingerprint density at radius 3 is 1.16 bits per heavy atom. The number of hydrogen-bond acceptors (Lipinski definition) is 4. The lowest BCUT2D eigenvalue weighted by atomic mass is 9.62. The van der Waals surface area contributed by atoms with Crippen LogP contribution < -0.4 is 19.6 Å². The Morgan fingerprint density at radius 2 is 0.759 bits per heavy atom. The molecule has 14 rings (SSSR count). The summed E-state index contributed by atoms with van der Waals surface area (Å²) in [5.41, 5.74) is 30.2. The molecule has 0 spiro atoms. The molecule has 7 aromatic carbocycles. The number of anilines is 7. The van der Waals surface area contributed by atoms with Crippen molar-refractivity contribution in [1.29, 1.82) is 0 Å². The first-order valence-corrected chi connectivity index (χ1v) is 30.0. The van der Waals surface area contributed by atoms with Gasteiger partial charge >= 0.3 is 0 Å². The van der Waals surface area contributed by atoms with Crippen LogP contribution in [0.2, 0.25) is 0 Å². The van der Waals surface area contributed by atoms with Crippen LogP contribution in [0.1, 0.15) is 161 Å². The molecular weight excluding hydrogens is 957 g/mol. The summed E-state index contributed by atoms with van der Waals surface area (Å²) in [6.07, 6.45) is 10.6. The normalized spacial score (nSPS) is 21.6. The average molecular weight is 1040 g/mol. The first-order valence-electron chi connectivity index (χ1n) is 30.0. The van der Waals surface area contributed by atoms with Crippen LogP contribution >= 0.6 is 0 Å². The van der Waals surface area contributed by atoms with Crippen molar-refractivity contribution in [3.05, 3.63) is 196 Å². The second-order valence-electron chi connectivity index (χ2n) is 28.7. The molecule has 6 aliphatic heterocycles. The average Bonchev–Trinajstić information content (AvgIpc) is 3.14. The van der Waals surface area contributed by atoms with Gasteiger partial charge in [0.15, 0.2) is 0 Å². The monoisotopic (exact) mass is 1040 g/mol. The predicted molar refractivity (Wildman–Crippen MR) is 336 cm³/mol. The fourth-order valence-electron chi connectivity index (χ4n) is 15.9. The number of nitrogens with zero attached hydrogens (tertiary/aromatic N) is 4. The summed E-state index contributed by atoms with van der Waals surface area (Å²) in [4.78, 5) is 10.4. The van der Waals surface area contributed by atoms with E-state index >= 15 is 0 Å². The standard InChI is InChI=1S/C75H82N4/c1-47-17-16-20-65-66(47)75(12,13)63-46-53(45-62-69(63)79(65)64-19-15-14-18-57(64)74(62,10)11)50-25-31-56(32-26-50)78(54-27-21-48(22-28-54)51-41-58-67-59(42-51)71(4,5)34-38-76(67)37-33-70(58,2)3)55-29-23-49(24-30-55)52-43-60-68-61(44-52)73(8,9)36-40-77(68)39-35-72(60,6)7/h14-16,18-32,41-47H,17,33-40H2,1-13H3. The Hall–Kier alpha value is -6.78. The van der Waals surface area contributed by atoms with Gasteiger partial charge in [0.1, 0.15) is 0 Å². The van der Waals surface area contributed by atoms with Crippen LogP contribution in [0.3, 0.4) is 0 Å². The van der Waals surface area contributed by atoms with Gasteiger partial charge in [-0.05, 0) is 223 Å². The maximum atomic E-state index is 2.68. The third-order valence-corrected chi connectivity index (χ3v) is 21.1. The number of fused-ring (bicyclic) bond motifs is 3.